The smallest absolute Gasteiger partial charge is 0.134 e. The fourth-order valence-corrected chi connectivity index (χ4v) is 2.27. The molecular weight excluding hydrogens is 270 g/mol. The summed E-state index contributed by atoms with van der Waals surface area (Å²) in [6, 6.07) is 5.95. The SMILES string of the molecule is NCc1ccc(OC2CCCOC2)c(Br)c1. The molecule has 1 aromatic rings. The number of rotatable bonds is 3. The molecule has 0 aliphatic carbocycles. The lowest BCUT2D eigenvalue weighted by Crippen LogP contribution is -2.28. The van der Waals surface area contributed by atoms with Crippen molar-refractivity contribution in [3.05, 3.63) is 28.2 Å². The van der Waals surface area contributed by atoms with E-state index in [9.17, 15) is 0 Å². The van der Waals surface area contributed by atoms with Crippen molar-refractivity contribution in [2.24, 2.45) is 5.73 Å². The van der Waals surface area contributed by atoms with Crippen molar-refractivity contribution in [3.8, 4) is 5.75 Å². The number of hydrogen-bond donors (Lipinski definition) is 1. The van der Waals surface area contributed by atoms with Gasteiger partial charge in [-0.2, -0.15) is 0 Å². The van der Waals surface area contributed by atoms with Gasteiger partial charge in [0.1, 0.15) is 11.9 Å². The minimum atomic E-state index is 0.175. The van der Waals surface area contributed by atoms with E-state index in [2.05, 4.69) is 15.9 Å². The van der Waals surface area contributed by atoms with Crippen LogP contribution in [0.5, 0.6) is 5.75 Å². The van der Waals surface area contributed by atoms with E-state index in [0.29, 0.717) is 13.2 Å². The van der Waals surface area contributed by atoms with Crippen LogP contribution in [0.1, 0.15) is 18.4 Å². The summed E-state index contributed by atoms with van der Waals surface area (Å²) in [5, 5.41) is 0. The monoisotopic (exact) mass is 285 g/mol. The Kier molecular flexibility index (Phi) is 4.21. The molecule has 2 N–H and O–H groups in total. The summed E-state index contributed by atoms with van der Waals surface area (Å²) in [4.78, 5) is 0. The summed E-state index contributed by atoms with van der Waals surface area (Å²) < 4.78 is 12.2. The van der Waals surface area contributed by atoms with Gasteiger partial charge in [0.25, 0.3) is 0 Å². The van der Waals surface area contributed by atoms with Crippen molar-refractivity contribution in [2.75, 3.05) is 13.2 Å². The molecule has 0 bridgehead atoms. The van der Waals surface area contributed by atoms with E-state index in [-0.39, 0.29) is 6.10 Å². The van der Waals surface area contributed by atoms with Gasteiger partial charge < -0.3 is 15.2 Å². The molecule has 1 heterocycles. The number of nitrogens with two attached hydrogens (primary N) is 1. The topological polar surface area (TPSA) is 44.5 Å². The van der Waals surface area contributed by atoms with Crippen molar-refractivity contribution in [3.63, 3.8) is 0 Å². The fourth-order valence-electron chi connectivity index (χ4n) is 1.75. The Morgan fingerprint density at radius 3 is 3.00 bits per heavy atom. The predicted octanol–water partition coefficient (Wildman–Crippen LogP) is 2.47. The van der Waals surface area contributed by atoms with Crippen LogP contribution >= 0.6 is 15.9 Å². The molecule has 1 atom stereocenters. The minimum Gasteiger partial charge on any atom is -0.487 e. The third kappa shape index (κ3) is 2.97. The molecule has 0 spiro atoms. The van der Waals surface area contributed by atoms with E-state index in [1.807, 2.05) is 18.2 Å². The second-order valence-electron chi connectivity index (χ2n) is 3.93. The van der Waals surface area contributed by atoms with Crippen LogP contribution in [-0.2, 0) is 11.3 Å². The van der Waals surface area contributed by atoms with Gasteiger partial charge in [-0.25, -0.2) is 0 Å². The van der Waals surface area contributed by atoms with Crippen molar-refractivity contribution in [2.45, 2.75) is 25.5 Å². The summed E-state index contributed by atoms with van der Waals surface area (Å²) in [7, 11) is 0. The molecule has 0 amide bonds. The zero-order valence-electron chi connectivity index (χ0n) is 9.12. The Morgan fingerprint density at radius 1 is 1.50 bits per heavy atom. The van der Waals surface area contributed by atoms with Crippen LogP contribution in [0.3, 0.4) is 0 Å². The van der Waals surface area contributed by atoms with Crippen molar-refractivity contribution in [1.82, 2.24) is 0 Å². The molecule has 3 nitrogen and oxygen atoms in total. The molecule has 0 radical (unpaired) electrons. The normalized spacial score (nSPS) is 20.8. The van der Waals surface area contributed by atoms with Gasteiger partial charge in [-0.1, -0.05) is 6.07 Å². The van der Waals surface area contributed by atoms with Crippen LogP contribution in [-0.4, -0.2) is 19.3 Å². The quantitative estimate of drug-likeness (QED) is 0.928. The third-order valence-corrected chi connectivity index (χ3v) is 3.26. The lowest BCUT2D eigenvalue weighted by Gasteiger charge is -2.23. The highest BCUT2D eigenvalue weighted by Crippen LogP contribution is 2.28. The van der Waals surface area contributed by atoms with E-state index in [0.717, 1.165) is 35.2 Å². The molecule has 88 valence electrons. The van der Waals surface area contributed by atoms with Gasteiger partial charge >= 0.3 is 0 Å². The summed E-state index contributed by atoms with van der Waals surface area (Å²) in [6.45, 7) is 2.09. The second kappa shape index (κ2) is 5.66. The van der Waals surface area contributed by atoms with Crippen LogP contribution in [0.2, 0.25) is 0 Å². The Bertz CT molecular complexity index is 351. The molecule has 1 aliphatic rings. The van der Waals surface area contributed by atoms with Gasteiger partial charge in [-0.15, -0.1) is 0 Å². The van der Waals surface area contributed by atoms with E-state index in [1.165, 1.54) is 0 Å². The van der Waals surface area contributed by atoms with Crippen molar-refractivity contribution in [1.29, 1.82) is 0 Å². The van der Waals surface area contributed by atoms with Gasteiger partial charge in [0, 0.05) is 13.2 Å². The molecule has 16 heavy (non-hydrogen) atoms. The lowest BCUT2D eigenvalue weighted by molar-refractivity contribution is 0.00711. The summed E-state index contributed by atoms with van der Waals surface area (Å²) >= 11 is 3.49. The zero-order chi connectivity index (χ0) is 11.4. The summed E-state index contributed by atoms with van der Waals surface area (Å²) in [5.74, 6) is 0.868. The highest BCUT2D eigenvalue weighted by Gasteiger charge is 2.16. The molecule has 1 aromatic carbocycles. The molecule has 1 fully saturated rings. The van der Waals surface area contributed by atoms with E-state index >= 15 is 0 Å². The third-order valence-electron chi connectivity index (χ3n) is 2.64. The molecule has 0 aromatic heterocycles. The highest BCUT2D eigenvalue weighted by molar-refractivity contribution is 9.10. The molecular formula is C12H16BrNO2. The first-order valence-electron chi connectivity index (χ1n) is 5.52. The average molecular weight is 286 g/mol. The Morgan fingerprint density at radius 2 is 2.38 bits per heavy atom. The number of benzene rings is 1. The van der Waals surface area contributed by atoms with Crippen LogP contribution in [0, 0.1) is 0 Å². The van der Waals surface area contributed by atoms with Crippen LogP contribution < -0.4 is 10.5 Å². The van der Waals surface area contributed by atoms with E-state index < -0.39 is 0 Å². The summed E-state index contributed by atoms with van der Waals surface area (Å²) in [5.41, 5.74) is 6.67. The molecule has 1 unspecified atom stereocenters. The molecule has 2 rings (SSSR count). The van der Waals surface area contributed by atoms with Crippen molar-refractivity contribution < 1.29 is 9.47 Å². The van der Waals surface area contributed by atoms with Crippen LogP contribution in [0.25, 0.3) is 0 Å². The van der Waals surface area contributed by atoms with Crippen molar-refractivity contribution >= 4 is 15.9 Å². The molecule has 4 heteroatoms. The molecule has 1 saturated heterocycles. The van der Waals surface area contributed by atoms with Crippen LogP contribution in [0.4, 0.5) is 0 Å². The minimum absolute atomic E-state index is 0.175. The first-order valence-corrected chi connectivity index (χ1v) is 6.32. The largest absolute Gasteiger partial charge is 0.487 e. The predicted molar refractivity (Wildman–Crippen MR) is 66.5 cm³/mol. The maximum Gasteiger partial charge on any atom is 0.134 e. The second-order valence-corrected chi connectivity index (χ2v) is 4.78. The highest BCUT2D eigenvalue weighted by atomic mass is 79.9. The Hall–Kier alpha value is -0.580. The number of hydrogen-bond acceptors (Lipinski definition) is 3. The van der Waals surface area contributed by atoms with Gasteiger partial charge in [-0.05, 0) is 46.5 Å². The zero-order valence-corrected chi connectivity index (χ0v) is 10.7. The van der Waals surface area contributed by atoms with Crippen LogP contribution in [0.15, 0.2) is 22.7 Å². The van der Waals surface area contributed by atoms with Gasteiger partial charge in [0.2, 0.25) is 0 Å². The standard InChI is InChI=1S/C12H16BrNO2/c13-11-6-9(7-14)3-4-12(11)16-10-2-1-5-15-8-10/h3-4,6,10H,1-2,5,7-8,14H2. The maximum absolute atomic E-state index is 5.87. The summed E-state index contributed by atoms with van der Waals surface area (Å²) in [6.07, 6.45) is 2.31. The molecule has 1 aliphatic heterocycles. The fraction of sp³-hybridized carbons (Fsp3) is 0.500. The van der Waals surface area contributed by atoms with E-state index in [4.69, 9.17) is 15.2 Å². The van der Waals surface area contributed by atoms with Gasteiger partial charge in [-0.3, -0.25) is 0 Å². The number of ether oxygens (including phenoxy) is 2. The van der Waals surface area contributed by atoms with E-state index in [1.54, 1.807) is 0 Å². The van der Waals surface area contributed by atoms with Gasteiger partial charge in [0.15, 0.2) is 0 Å². The lowest BCUT2D eigenvalue weighted by atomic mass is 10.1. The first kappa shape index (κ1) is 11.9. The van der Waals surface area contributed by atoms with Gasteiger partial charge in [0.05, 0.1) is 11.1 Å². The average Bonchev–Trinajstić information content (AvgIpc) is 2.33. The Labute approximate surface area is 104 Å². The Balaban J connectivity index is 2.03. The molecule has 0 saturated carbocycles. The number of halogens is 1. The maximum atomic E-state index is 5.87. The first-order chi connectivity index (χ1) is 7.79.